The summed E-state index contributed by atoms with van der Waals surface area (Å²) in [6, 6.07) is 12.8. The first-order valence-electron chi connectivity index (χ1n) is 10.7. The molecule has 2 unspecified atom stereocenters. The third-order valence-corrected chi connectivity index (χ3v) is 6.65. The van der Waals surface area contributed by atoms with Crippen molar-refractivity contribution in [2.75, 3.05) is 13.7 Å². The maximum Gasteiger partial charge on any atom is 0.410 e. The van der Waals surface area contributed by atoms with Gasteiger partial charge in [0.15, 0.2) is 0 Å². The zero-order chi connectivity index (χ0) is 20.2. The second-order valence-electron chi connectivity index (χ2n) is 8.37. The zero-order valence-corrected chi connectivity index (χ0v) is 17.3. The molecule has 1 aromatic heterocycles. The van der Waals surface area contributed by atoms with Crippen molar-refractivity contribution in [3.63, 3.8) is 0 Å². The summed E-state index contributed by atoms with van der Waals surface area (Å²) in [7, 11) is 1.45. The maximum atomic E-state index is 12.4. The lowest BCUT2D eigenvalue weighted by atomic mass is 9.83. The average molecular weight is 398 g/mol. The van der Waals surface area contributed by atoms with Gasteiger partial charge in [-0.15, -0.1) is 0 Å². The van der Waals surface area contributed by atoms with E-state index in [1.165, 1.54) is 12.7 Å². The lowest BCUT2D eigenvalue weighted by Gasteiger charge is -2.33. The monoisotopic (exact) mass is 397 g/mol. The molecule has 156 valence electrons. The molecule has 1 aliphatic carbocycles. The van der Waals surface area contributed by atoms with Gasteiger partial charge in [-0.25, -0.2) is 4.79 Å². The van der Waals surface area contributed by atoms with Gasteiger partial charge in [-0.3, -0.25) is 10.00 Å². The fourth-order valence-electron chi connectivity index (χ4n) is 5.11. The summed E-state index contributed by atoms with van der Waals surface area (Å²) in [5, 5.41) is 7.19. The van der Waals surface area contributed by atoms with Gasteiger partial charge in [0.25, 0.3) is 0 Å². The number of nitrogens with zero attached hydrogens (tertiary/aromatic N) is 2. The molecule has 6 nitrogen and oxygen atoms in total. The molecular weight excluding hydrogens is 366 g/mol. The van der Waals surface area contributed by atoms with Crippen LogP contribution in [0.1, 0.15) is 62.1 Å². The van der Waals surface area contributed by atoms with Crippen molar-refractivity contribution in [2.45, 2.75) is 69.1 Å². The number of methoxy groups -OCH3 is 1. The largest absolute Gasteiger partial charge is 0.453 e. The van der Waals surface area contributed by atoms with Crippen molar-refractivity contribution in [1.82, 2.24) is 15.1 Å². The number of H-pyrrole nitrogens is 1. The Kier molecular flexibility index (Phi) is 6.19. The minimum Gasteiger partial charge on any atom is -0.453 e. The first kappa shape index (κ1) is 20.0. The van der Waals surface area contributed by atoms with Crippen LogP contribution in [0, 0.1) is 0 Å². The Morgan fingerprint density at radius 3 is 2.59 bits per heavy atom. The molecule has 1 aliphatic heterocycles. The van der Waals surface area contributed by atoms with Gasteiger partial charge in [-0.05, 0) is 56.6 Å². The summed E-state index contributed by atoms with van der Waals surface area (Å²) >= 11 is 0. The zero-order valence-electron chi connectivity index (χ0n) is 17.3. The summed E-state index contributed by atoms with van der Waals surface area (Å²) in [4.78, 5) is 14.3. The molecule has 0 bridgehead atoms. The van der Waals surface area contributed by atoms with Crippen LogP contribution in [0.3, 0.4) is 0 Å². The molecule has 1 amide bonds. The molecule has 0 radical (unpaired) electrons. The van der Waals surface area contributed by atoms with E-state index in [0.717, 1.165) is 37.8 Å². The summed E-state index contributed by atoms with van der Waals surface area (Å²) in [6.45, 7) is 2.61. The number of aromatic nitrogens is 2. The van der Waals surface area contributed by atoms with E-state index < -0.39 is 0 Å². The normalized spacial score (nSPS) is 29.7. The van der Waals surface area contributed by atoms with Gasteiger partial charge in [-0.1, -0.05) is 30.3 Å². The summed E-state index contributed by atoms with van der Waals surface area (Å²) in [6.07, 6.45) is 7.06. The van der Waals surface area contributed by atoms with E-state index in [-0.39, 0.29) is 30.2 Å². The number of likely N-dealkylation sites (tertiary alicyclic amines) is 1. The maximum absolute atomic E-state index is 12.4. The standard InChI is InChI=1S/C23H31N3O3/c1-16-14-20(21-12-13-24-25-21)22(26(16)23(27)28-2)15-29-19-10-8-18(9-11-19)17-6-4-3-5-7-17/h3-7,12-13,16,18-20,22H,8-11,14-15H2,1-2H3,(H,24,25)/t16-,18?,19?,20?,22?/m1/s1. The fraction of sp³-hybridized carbons (Fsp3) is 0.565. The molecule has 2 heterocycles. The van der Waals surface area contributed by atoms with Gasteiger partial charge in [0, 0.05) is 23.9 Å². The van der Waals surface area contributed by atoms with Crippen LogP contribution in [0.25, 0.3) is 0 Å². The van der Waals surface area contributed by atoms with Crippen molar-refractivity contribution in [3.05, 3.63) is 53.9 Å². The number of rotatable bonds is 5. The number of carbonyl (C=O) groups is 1. The predicted molar refractivity (Wildman–Crippen MR) is 111 cm³/mol. The molecule has 1 saturated carbocycles. The molecule has 2 aromatic rings. The highest BCUT2D eigenvalue weighted by Crippen LogP contribution is 2.39. The Bertz CT molecular complexity index is 772. The average Bonchev–Trinajstić information content (AvgIpc) is 3.40. The van der Waals surface area contributed by atoms with Crippen LogP contribution in [0.5, 0.6) is 0 Å². The van der Waals surface area contributed by atoms with E-state index in [1.54, 1.807) is 6.20 Å². The molecule has 1 N–H and O–H groups in total. The Morgan fingerprint density at radius 2 is 1.93 bits per heavy atom. The lowest BCUT2D eigenvalue weighted by Crippen LogP contribution is -2.44. The molecule has 6 heteroatoms. The SMILES string of the molecule is COC(=O)N1C(COC2CCC(c3ccccc3)CC2)C(c2ccn[nH]2)C[C@H]1C. The molecule has 1 saturated heterocycles. The van der Waals surface area contributed by atoms with Crippen LogP contribution in [0.2, 0.25) is 0 Å². The Labute approximate surface area is 172 Å². The van der Waals surface area contributed by atoms with E-state index in [2.05, 4.69) is 47.5 Å². The first-order valence-corrected chi connectivity index (χ1v) is 10.7. The highest BCUT2D eigenvalue weighted by atomic mass is 16.5. The Balaban J connectivity index is 1.38. The van der Waals surface area contributed by atoms with Gasteiger partial charge >= 0.3 is 6.09 Å². The fourth-order valence-corrected chi connectivity index (χ4v) is 5.11. The van der Waals surface area contributed by atoms with Crippen LogP contribution >= 0.6 is 0 Å². The first-order chi connectivity index (χ1) is 14.2. The summed E-state index contributed by atoms with van der Waals surface area (Å²) in [5.74, 6) is 0.819. The third-order valence-electron chi connectivity index (χ3n) is 6.65. The second-order valence-corrected chi connectivity index (χ2v) is 8.37. The number of amides is 1. The summed E-state index contributed by atoms with van der Waals surface area (Å²) < 4.78 is 11.4. The number of aromatic amines is 1. The molecule has 0 spiro atoms. The second kappa shape index (κ2) is 8.99. The van der Waals surface area contributed by atoms with E-state index in [9.17, 15) is 4.79 Å². The quantitative estimate of drug-likeness (QED) is 0.809. The third kappa shape index (κ3) is 4.32. The molecule has 4 rings (SSSR count). The lowest BCUT2D eigenvalue weighted by molar-refractivity contribution is -0.00844. The van der Waals surface area contributed by atoms with Gasteiger partial charge in [0.1, 0.15) is 0 Å². The smallest absolute Gasteiger partial charge is 0.410 e. The van der Waals surface area contributed by atoms with Crippen LogP contribution in [0.15, 0.2) is 42.6 Å². The summed E-state index contributed by atoms with van der Waals surface area (Å²) in [5.41, 5.74) is 2.50. The van der Waals surface area contributed by atoms with E-state index in [1.807, 2.05) is 11.0 Å². The number of hydrogen-bond acceptors (Lipinski definition) is 4. The minimum absolute atomic E-state index is 0.0373. The number of benzene rings is 1. The van der Waals surface area contributed by atoms with Gasteiger partial charge in [-0.2, -0.15) is 5.10 Å². The highest BCUT2D eigenvalue weighted by Gasteiger charge is 2.44. The molecule has 2 aliphatic rings. The number of hydrogen-bond donors (Lipinski definition) is 1. The van der Waals surface area contributed by atoms with Crippen molar-refractivity contribution in [2.24, 2.45) is 0 Å². The van der Waals surface area contributed by atoms with Gasteiger partial charge in [0.2, 0.25) is 0 Å². The topological polar surface area (TPSA) is 67.4 Å². The van der Waals surface area contributed by atoms with Crippen molar-refractivity contribution < 1.29 is 14.3 Å². The Morgan fingerprint density at radius 1 is 1.17 bits per heavy atom. The van der Waals surface area contributed by atoms with Crippen molar-refractivity contribution >= 4 is 6.09 Å². The van der Waals surface area contributed by atoms with Crippen LogP contribution in [0.4, 0.5) is 4.79 Å². The van der Waals surface area contributed by atoms with Crippen LogP contribution < -0.4 is 0 Å². The highest BCUT2D eigenvalue weighted by molar-refractivity contribution is 5.69. The number of carbonyl (C=O) groups excluding carboxylic acids is 1. The van der Waals surface area contributed by atoms with Gasteiger partial charge < -0.3 is 9.47 Å². The molecular formula is C23H31N3O3. The van der Waals surface area contributed by atoms with Gasteiger partial charge in [0.05, 0.1) is 25.9 Å². The predicted octanol–water partition coefficient (Wildman–Crippen LogP) is 4.47. The Hall–Kier alpha value is -2.34. The van der Waals surface area contributed by atoms with E-state index in [4.69, 9.17) is 9.47 Å². The van der Waals surface area contributed by atoms with Crippen LogP contribution in [-0.4, -0.2) is 53.1 Å². The minimum atomic E-state index is -0.277. The van der Waals surface area contributed by atoms with E-state index >= 15 is 0 Å². The number of ether oxygens (including phenoxy) is 2. The van der Waals surface area contributed by atoms with Crippen molar-refractivity contribution in [3.8, 4) is 0 Å². The van der Waals surface area contributed by atoms with Crippen molar-refractivity contribution in [1.29, 1.82) is 0 Å². The molecule has 29 heavy (non-hydrogen) atoms. The van der Waals surface area contributed by atoms with Crippen LogP contribution in [-0.2, 0) is 9.47 Å². The van der Waals surface area contributed by atoms with E-state index in [0.29, 0.717) is 12.5 Å². The molecule has 2 fully saturated rings. The molecule has 1 aromatic carbocycles. The number of nitrogens with one attached hydrogen (secondary N) is 1. The molecule has 3 atom stereocenters.